The lowest BCUT2D eigenvalue weighted by atomic mass is 10.1. The first-order valence-electron chi connectivity index (χ1n) is 6.81. The largest absolute Gasteiger partial charge is 0.468 e. The molecule has 0 fully saturated rings. The van der Waals surface area contributed by atoms with Gasteiger partial charge in [-0.3, -0.25) is 4.79 Å². The monoisotopic (exact) mass is 305 g/mol. The minimum Gasteiger partial charge on any atom is -0.468 e. The topological polar surface area (TPSA) is 57.0 Å². The highest BCUT2D eigenvalue weighted by molar-refractivity contribution is 8.00. The van der Waals surface area contributed by atoms with Crippen molar-refractivity contribution in [1.29, 1.82) is 0 Å². The number of nitrogens with zero attached hydrogens (tertiary/aromatic N) is 3. The van der Waals surface area contributed by atoms with E-state index in [4.69, 9.17) is 4.74 Å². The smallest absolute Gasteiger partial charge is 0.318 e. The van der Waals surface area contributed by atoms with Crippen LogP contribution in [0.2, 0.25) is 0 Å². The maximum atomic E-state index is 11.5. The second-order valence-corrected chi connectivity index (χ2v) is 6.01. The van der Waals surface area contributed by atoms with Gasteiger partial charge in [0.15, 0.2) is 11.0 Å². The number of thioether (sulfide) groups is 1. The molecule has 0 radical (unpaired) electrons. The van der Waals surface area contributed by atoms with Gasteiger partial charge in [0.2, 0.25) is 0 Å². The first-order chi connectivity index (χ1) is 10.1. The number of carbonyl (C=O) groups is 1. The number of aryl methyl sites for hydroxylation is 1. The molecule has 0 aliphatic heterocycles. The zero-order valence-electron chi connectivity index (χ0n) is 12.7. The summed E-state index contributed by atoms with van der Waals surface area (Å²) in [7, 11) is 1.39. The highest BCUT2D eigenvalue weighted by Gasteiger charge is 2.20. The Hall–Kier alpha value is -1.82. The molecule has 0 spiro atoms. The van der Waals surface area contributed by atoms with Crippen LogP contribution in [-0.2, 0) is 16.1 Å². The molecule has 1 atom stereocenters. The van der Waals surface area contributed by atoms with Crippen LogP contribution in [0.15, 0.2) is 29.4 Å². The van der Waals surface area contributed by atoms with Gasteiger partial charge in [-0.15, -0.1) is 10.2 Å². The van der Waals surface area contributed by atoms with E-state index in [1.165, 1.54) is 24.4 Å². The van der Waals surface area contributed by atoms with E-state index in [1.807, 2.05) is 36.6 Å². The maximum absolute atomic E-state index is 11.5. The van der Waals surface area contributed by atoms with Gasteiger partial charge in [0.1, 0.15) is 5.25 Å². The molecule has 0 saturated heterocycles. The van der Waals surface area contributed by atoms with Crippen molar-refractivity contribution in [2.24, 2.45) is 0 Å². The minimum atomic E-state index is -0.310. The molecule has 0 aliphatic rings. The van der Waals surface area contributed by atoms with Crippen LogP contribution in [0.3, 0.4) is 0 Å². The third kappa shape index (κ3) is 3.44. The van der Waals surface area contributed by atoms with E-state index in [2.05, 4.69) is 16.3 Å². The van der Waals surface area contributed by atoms with Crippen LogP contribution in [0, 0.1) is 6.92 Å². The Morgan fingerprint density at radius 2 is 2.19 bits per heavy atom. The number of hydrogen-bond donors (Lipinski definition) is 0. The van der Waals surface area contributed by atoms with E-state index in [9.17, 15) is 4.79 Å². The molecular formula is C15H19N3O2S. The zero-order valence-corrected chi connectivity index (χ0v) is 13.5. The lowest BCUT2D eigenvalue weighted by Gasteiger charge is -2.10. The second kappa shape index (κ2) is 6.76. The Morgan fingerprint density at radius 1 is 1.43 bits per heavy atom. The molecule has 0 amide bonds. The first kappa shape index (κ1) is 15.6. The van der Waals surface area contributed by atoms with Gasteiger partial charge < -0.3 is 9.30 Å². The highest BCUT2D eigenvalue weighted by atomic mass is 32.2. The number of hydrogen-bond acceptors (Lipinski definition) is 5. The number of ether oxygens (including phenoxy) is 1. The molecule has 5 nitrogen and oxygen atoms in total. The van der Waals surface area contributed by atoms with Gasteiger partial charge >= 0.3 is 5.97 Å². The molecule has 0 N–H and O–H groups in total. The number of aromatic nitrogens is 3. The first-order valence-corrected chi connectivity index (χ1v) is 7.69. The summed E-state index contributed by atoms with van der Waals surface area (Å²) < 4.78 is 6.76. The molecule has 0 bridgehead atoms. The molecule has 112 valence electrons. The van der Waals surface area contributed by atoms with E-state index < -0.39 is 0 Å². The molecule has 2 rings (SSSR count). The van der Waals surface area contributed by atoms with Crippen molar-refractivity contribution >= 4 is 17.7 Å². The minimum absolute atomic E-state index is 0.261. The average Bonchev–Trinajstić information content (AvgIpc) is 2.88. The second-order valence-electron chi connectivity index (χ2n) is 4.70. The molecule has 2 aromatic rings. The van der Waals surface area contributed by atoms with Gasteiger partial charge in [0.05, 0.1) is 7.11 Å². The van der Waals surface area contributed by atoms with E-state index in [0.29, 0.717) is 0 Å². The molecule has 0 aliphatic carbocycles. The zero-order chi connectivity index (χ0) is 15.4. The summed E-state index contributed by atoms with van der Waals surface area (Å²) in [6, 6.07) is 8.14. The molecule has 1 aromatic carbocycles. The average molecular weight is 305 g/mol. The molecule has 1 aromatic heterocycles. The Bertz CT molecular complexity index is 640. The van der Waals surface area contributed by atoms with Gasteiger partial charge in [0.25, 0.3) is 0 Å². The number of methoxy groups -OCH3 is 1. The normalized spacial score (nSPS) is 12.2. The van der Waals surface area contributed by atoms with Crippen LogP contribution in [0.5, 0.6) is 0 Å². The van der Waals surface area contributed by atoms with E-state index in [1.54, 1.807) is 6.92 Å². The predicted octanol–water partition coefficient (Wildman–Crippen LogP) is 2.93. The van der Waals surface area contributed by atoms with Crippen LogP contribution in [0.25, 0.3) is 11.4 Å². The summed E-state index contributed by atoms with van der Waals surface area (Å²) in [6.45, 7) is 6.63. The Morgan fingerprint density at radius 3 is 2.81 bits per heavy atom. The summed E-state index contributed by atoms with van der Waals surface area (Å²) in [5.41, 5.74) is 2.21. The van der Waals surface area contributed by atoms with Crippen LogP contribution in [0.1, 0.15) is 19.4 Å². The van der Waals surface area contributed by atoms with Gasteiger partial charge in [0, 0.05) is 12.1 Å². The fourth-order valence-electron chi connectivity index (χ4n) is 2.03. The number of esters is 1. The summed E-state index contributed by atoms with van der Waals surface area (Å²) in [6.07, 6.45) is 0. The highest BCUT2D eigenvalue weighted by Crippen LogP contribution is 2.27. The van der Waals surface area contributed by atoms with Crippen molar-refractivity contribution in [3.8, 4) is 11.4 Å². The number of rotatable bonds is 5. The fourth-order valence-corrected chi connectivity index (χ4v) is 2.97. The molecular weight excluding hydrogens is 286 g/mol. The van der Waals surface area contributed by atoms with Gasteiger partial charge in [-0.1, -0.05) is 35.5 Å². The van der Waals surface area contributed by atoms with Crippen molar-refractivity contribution < 1.29 is 9.53 Å². The third-order valence-electron chi connectivity index (χ3n) is 3.12. The van der Waals surface area contributed by atoms with Gasteiger partial charge in [-0.25, -0.2) is 0 Å². The summed E-state index contributed by atoms with van der Waals surface area (Å²) in [4.78, 5) is 11.5. The van der Waals surface area contributed by atoms with Crippen molar-refractivity contribution in [3.63, 3.8) is 0 Å². The SMILES string of the molecule is CCn1c(SC(C)C(=O)OC)nnc1-c1cccc(C)c1. The van der Waals surface area contributed by atoms with Crippen molar-refractivity contribution in [2.75, 3.05) is 7.11 Å². The molecule has 1 unspecified atom stereocenters. The van der Waals surface area contributed by atoms with Crippen molar-refractivity contribution in [1.82, 2.24) is 14.8 Å². The van der Waals surface area contributed by atoms with E-state index >= 15 is 0 Å². The Labute approximate surface area is 128 Å². The van der Waals surface area contributed by atoms with Crippen LogP contribution >= 0.6 is 11.8 Å². The van der Waals surface area contributed by atoms with Crippen LogP contribution < -0.4 is 0 Å². The Kier molecular flexibility index (Phi) is 5.01. The van der Waals surface area contributed by atoms with Crippen LogP contribution in [-0.4, -0.2) is 33.1 Å². The summed E-state index contributed by atoms with van der Waals surface area (Å²) in [5, 5.41) is 8.91. The van der Waals surface area contributed by atoms with Gasteiger partial charge in [-0.2, -0.15) is 0 Å². The number of carbonyl (C=O) groups excluding carboxylic acids is 1. The third-order valence-corrected chi connectivity index (χ3v) is 4.18. The molecule has 21 heavy (non-hydrogen) atoms. The molecule has 0 saturated carbocycles. The Balaban J connectivity index is 2.32. The van der Waals surface area contributed by atoms with Crippen molar-refractivity contribution in [3.05, 3.63) is 29.8 Å². The lowest BCUT2D eigenvalue weighted by molar-refractivity contribution is -0.139. The van der Waals surface area contributed by atoms with Crippen molar-refractivity contribution in [2.45, 2.75) is 37.7 Å². The lowest BCUT2D eigenvalue weighted by Crippen LogP contribution is -2.15. The molecule has 1 heterocycles. The quantitative estimate of drug-likeness (QED) is 0.628. The summed E-state index contributed by atoms with van der Waals surface area (Å²) in [5.74, 6) is 0.559. The number of benzene rings is 1. The van der Waals surface area contributed by atoms with E-state index in [0.717, 1.165) is 23.1 Å². The predicted molar refractivity (Wildman–Crippen MR) is 83.2 cm³/mol. The van der Waals surface area contributed by atoms with Gasteiger partial charge in [-0.05, 0) is 26.8 Å². The standard InChI is InChI=1S/C15H19N3O2S/c1-5-18-13(12-8-6-7-10(2)9-12)16-17-15(18)21-11(3)14(19)20-4/h6-9,11H,5H2,1-4H3. The van der Waals surface area contributed by atoms with E-state index in [-0.39, 0.29) is 11.2 Å². The molecule has 6 heteroatoms. The summed E-state index contributed by atoms with van der Waals surface area (Å²) >= 11 is 1.36. The fraction of sp³-hybridized carbons (Fsp3) is 0.400. The maximum Gasteiger partial charge on any atom is 0.318 e. The van der Waals surface area contributed by atoms with Crippen LogP contribution in [0.4, 0.5) is 0 Å².